The van der Waals surface area contributed by atoms with Gasteiger partial charge in [-0.05, 0) is 32.9 Å². The van der Waals surface area contributed by atoms with E-state index < -0.39 is 40.1 Å². The number of H-pyrrole nitrogens is 1. The highest BCUT2D eigenvalue weighted by Crippen LogP contribution is 2.39. The van der Waals surface area contributed by atoms with E-state index in [0.717, 1.165) is 6.20 Å². The average molecular weight is 590 g/mol. The van der Waals surface area contributed by atoms with E-state index in [2.05, 4.69) is 25.6 Å². The van der Waals surface area contributed by atoms with Gasteiger partial charge in [0.15, 0.2) is 0 Å². The third-order valence-corrected chi connectivity index (χ3v) is 7.88. The van der Waals surface area contributed by atoms with E-state index in [-0.39, 0.29) is 17.3 Å². The van der Waals surface area contributed by atoms with Crippen molar-refractivity contribution in [3.05, 3.63) is 64.1 Å². The Kier molecular flexibility index (Phi) is 7.94. The number of morpholine rings is 1. The summed E-state index contributed by atoms with van der Waals surface area (Å²) in [7, 11) is 0. The average Bonchev–Trinajstić information content (AvgIpc) is 2.95. The first-order valence-electron chi connectivity index (χ1n) is 13.5. The van der Waals surface area contributed by atoms with Crippen LogP contribution in [-0.2, 0) is 10.9 Å². The molecule has 14 heteroatoms. The number of carbonyl (C=O) groups is 1. The van der Waals surface area contributed by atoms with Crippen molar-refractivity contribution >= 4 is 23.2 Å². The van der Waals surface area contributed by atoms with Crippen molar-refractivity contribution in [1.82, 2.24) is 20.3 Å². The molecule has 5 rings (SSSR count). The number of carbonyl (C=O) groups excluding carboxylic acids is 1. The number of nitrogens with zero attached hydrogens (tertiary/aromatic N) is 4. The monoisotopic (exact) mass is 589 g/mol. The van der Waals surface area contributed by atoms with Crippen LogP contribution >= 0.6 is 0 Å². The molecule has 1 amide bonds. The Bertz CT molecular complexity index is 1520. The fourth-order valence-electron chi connectivity index (χ4n) is 5.17. The highest BCUT2D eigenvalue weighted by Gasteiger charge is 2.39. The second-order valence-electron chi connectivity index (χ2n) is 10.8. The second-order valence-corrected chi connectivity index (χ2v) is 10.8. The Morgan fingerprint density at radius 3 is 2.48 bits per heavy atom. The number of rotatable bonds is 5. The summed E-state index contributed by atoms with van der Waals surface area (Å²) in [6.07, 6.45) is -1.31. The largest absolute Gasteiger partial charge is 0.417 e. The third kappa shape index (κ3) is 5.81. The van der Waals surface area contributed by atoms with Gasteiger partial charge in [-0.25, -0.2) is 14.4 Å². The molecule has 2 saturated heterocycles. The predicted octanol–water partition coefficient (Wildman–Crippen LogP) is 3.66. The SMILES string of the molecule is CC1NCCN(c2cc(F)c(-c3cnc(N4CCOCC4)nc3)cc2NC(=O)c2c[nH]c(=O)cc2C(F)(F)F)C1(C)C. The maximum Gasteiger partial charge on any atom is 0.417 e. The van der Waals surface area contributed by atoms with Gasteiger partial charge in [-0.3, -0.25) is 9.59 Å². The number of pyridine rings is 1. The summed E-state index contributed by atoms with van der Waals surface area (Å²) >= 11 is 0. The Morgan fingerprint density at radius 1 is 1.12 bits per heavy atom. The minimum absolute atomic E-state index is 0.0327. The molecule has 0 bridgehead atoms. The second kappa shape index (κ2) is 11.3. The van der Waals surface area contributed by atoms with Crippen molar-refractivity contribution < 1.29 is 27.1 Å². The number of ether oxygens (including phenoxy) is 1. The summed E-state index contributed by atoms with van der Waals surface area (Å²) in [6.45, 7) is 9.18. The first-order valence-corrected chi connectivity index (χ1v) is 13.5. The Balaban J connectivity index is 1.57. The molecule has 0 radical (unpaired) electrons. The minimum Gasteiger partial charge on any atom is -0.378 e. The van der Waals surface area contributed by atoms with E-state index in [1.807, 2.05) is 30.6 Å². The number of hydrogen-bond acceptors (Lipinski definition) is 8. The molecule has 2 fully saturated rings. The zero-order valence-electron chi connectivity index (χ0n) is 23.3. The zero-order chi connectivity index (χ0) is 30.2. The molecule has 3 aromatic rings. The Morgan fingerprint density at radius 2 is 1.81 bits per heavy atom. The fraction of sp³-hybridized carbons (Fsp3) is 0.429. The summed E-state index contributed by atoms with van der Waals surface area (Å²) in [4.78, 5) is 39.7. The van der Waals surface area contributed by atoms with Gasteiger partial charge in [-0.15, -0.1) is 0 Å². The van der Waals surface area contributed by atoms with Crippen LogP contribution in [0.4, 0.5) is 34.9 Å². The molecule has 0 saturated carbocycles. The normalized spacial score (nSPS) is 19.1. The predicted molar refractivity (Wildman–Crippen MR) is 149 cm³/mol. The molecule has 2 aromatic heterocycles. The molecule has 0 aliphatic carbocycles. The lowest BCUT2D eigenvalue weighted by atomic mass is 9.90. The first kappa shape index (κ1) is 29.5. The van der Waals surface area contributed by atoms with Gasteiger partial charge in [0.1, 0.15) is 5.82 Å². The molecule has 4 heterocycles. The highest BCUT2D eigenvalue weighted by atomic mass is 19.4. The summed E-state index contributed by atoms with van der Waals surface area (Å²) in [5.74, 6) is -1.27. The van der Waals surface area contributed by atoms with Crippen LogP contribution in [0.5, 0.6) is 0 Å². The zero-order valence-corrected chi connectivity index (χ0v) is 23.3. The number of piperazine rings is 1. The lowest BCUT2D eigenvalue weighted by molar-refractivity contribution is -0.138. The Hall–Kier alpha value is -4.04. The van der Waals surface area contributed by atoms with Crippen molar-refractivity contribution in [2.24, 2.45) is 0 Å². The molecule has 1 aromatic carbocycles. The third-order valence-electron chi connectivity index (χ3n) is 7.88. The molecule has 1 unspecified atom stereocenters. The number of hydrogen-bond donors (Lipinski definition) is 3. The van der Waals surface area contributed by atoms with Gasteiger partial charge in [0, 0.05) is 73.5 Å². The molecule has 224 valence electrons. The Labute approximate surface area is 239 Å². The topological polar surface area (TPSA) is 115 Å². The molecule has 1 atom stereocenters. The maximum atomic E-state index is 15.8. The maximum absolute atomic E-state index is 15.8. The van der Waals surface area contributed by atoms with Gasteiger partial charge in [-0.1, -0.05) is 0 Å². The van der Waals surface area contributed by atoms with Crippen LogP contribution < -0.4 is 26.0 Å². The van der Waals surface area contributed by atoms with Gasteiger partial charge in [0.2, 0.25) is 11.5 Å². The van der Waals surface area contributed by atoms with Crippen LogP contribution in [0.3, 0.4) is 0 Å². The van der Waals surface area contributed by atoms with Crippen LogP contribution in [0, 0.1) is 5.82 Å². The number of aromatic amines is 1. The van der Waals surface area contributed by atoms with Crippen LogP contribution in [-0.4, -0.2) is 71.8 Å². The number of nitrogens with one attached hydrogen (secondary N) is 3. The van der Waals surface area contributed by atoms with Crippen LogP contribution in [0.1, 0.15) is 36.7 Å². The molecule has 2 aliphatic rings. The standard InChI is InChI=1S/C28H31F4N7O3/c1-16-27(2,3)39(5-4-33-16)23-12-21(29)18(17-13-35-26(36-14-17)38-6-8-42-9-7-38)10-22(23)37-25(41)19-15-34-24(40)11-20(19)28(30,31)32/h10-16,33H,4-9H2,1-3H3,(H,34,40)(H,37,41). The van der Waals surface area contributed by atoms with E-state index >= 15 is 4.39 Å². The first-order chi connectivity index (χ1) is 19.9. The van der Waals surface area contributed by atoms with E-state index in [1.54, 1.807) is 0 Å². The van der Waals surface area contributed by atoms with E-state index in [4.69, 9.17) is 4.74 Å². The minimum atomic E-state index is -4.95. The van der Waals surface area contributed by atoms with Crippen LogP contribution in [0.2, 0.25) is 0 Å². The number of benzene rings is 1. The van der Waals surface area contributed by atoms with Crippen LogP contribution in [0.25, 0.3) is 11.1 Å². The molecular weight excluding hydrogens is 558 g/mol. The lowest BCUT2D eigenvalue weighted by Gasteiger charge is -2.49. The van der Waals surface area contributed by atoms with E-state index in [9.17, 15) is 22.8 Å². The molecule has 3 N–H and O–H groups in total. The quantitative estimate of drug-likeness (QED) is 0.387. The summed E-state index contributed by atoms with van der Waals surface area (Å²) < 4.78 is 62.3. The number of aromatic nitrogens is 3. The number of alkyl halides is 3. The van der Waals surface area contributed by atoms with E-state index in [1.165, 1.54) is 24.5 Å². The van der Waals surface area contributed by atoms with Crippen LogP contribution in [0.15, 0.2) is 41.6 Å². The summed E-state index contributed by atoms with van der Waals surface area (Å²) in [6, 6.07) is 2.94. The van der Waals surface area contributed by atoms with Crippen molar-refractivity contribution in [3.8, 4) is 11.1 Å². The van der Waals surface area contributed by atoms with Crippen molar-refractivity contribution in [2.45, 2.75) is 38.5 Å². The van der Waals surface area contributed by atoms with Gasteiger partial charge in [0.25, 0.3) is 5.91 Å². The highest BCUT2D eigenvalue weighted by molar-refractivity contribution is 6.07. The van der Waals surface area contributed by atoms with Crippen molar-refractivity contribution in [2.75, 3.05) is 54.5 Å². The number of amides is 1. The molecule has 42 heavy (non-hydrogen) atoms. The smallest absolute Gasteiger partial charge is 0.378 e. The van der Waals surface area contributed by atoms with Gasteiger partial charge < -0.3 is 30.2 Å². The fourth-order valence-corrected chi connectivity index (χ4v) is 5.17. The summed E-state index contributed by atoms with van der Waals surface area (Å²) in [5.41, 5.74) is -2.94. The lowest BCUT2D eigenvalue weighted by Crippen LogP contribution is -2.63. The number of halogens is 4. The molecular formula is C28H31F4N7O3. The van der Waals surface area contributed by atoms with Crippen molar-refractivity contribution in [1.29, 1.82) is 0 Å². The van der Waals surface area contributed by atoms with Gasteiger partial charge in [-0.2, -0.15) is 13.2 Å². The molecule has 0 spiro atoms. The van der Waals surface area contributed by atoms with Gasteiger partial charge >= 0.3 is 6.18 Å². The van der Waals surface area contributed by atoms with E-state index in [0.29, 0.717) is 62.7 Å². The molecule has 10 nitrogen and oxygen atoms in total. The number of anilines is 3. The molecule has 2 aliphatic heterocycles. The van der Waals surface area contributed by atoms with Gasteiger partial charge in [0.05, 0.1) is 35.7 Å². The van der Waals surface area contributed by atoms with Crippen molar-refractivity contribution in [3.63, 3.8) is 0 Å². The summed E-state index contributed by atoms with van der Waals surface area (Å²) in [5, 5.41) is 5.92.